The number of aromatic nitrogens is 1. The van der Waals surface area contributed by atoms with E-state index in [0.717, 1.165) is 12.0 Å². The summed E-state index contributed by atoms with van der Waals surface area (Å²) in [6, 6.07) is 3.87. The highest BCUT2D eigenvalue weighted by Gasteiger charge is 2.03. The molecule has 0 aliphatic rings. The molecule has 21 heavy (non-hydrogen) atoms. The van der Waals surface area contributed by atoms with Crippen LogP contribution in [-0.4, -0.2) is 17.6 Å². The molecular formula is C18H29NO2. The fraction of sp³-hybridized carbons (Fsp3) is 0.667. The SMILES string of the molecule is CCCCCCCCCCOC(=O)CCc1cccnc1. The third-order valence-corrected chi connectivity index (χ3v) is 3.60. The maximum absolute atomic E-state index is 11.6. The van der Waals surface area contributed by atoms with Crippen LogP contribution in [0.1, 0.15) is 70.3 Å². The second kappa shape index (κ2) is 12.4. The molecule has 0 aliphatic carbocycles. The normalized spacial score (nSPS) is 10.5. The standard InChI is InChI=1S/C18H29NO2/c1-2-3-4-5-6-7-8-9-15-21-18(20)13-12-17-11-10-14-19-16-17/h10-11,14,16H,2-9,12-13,15H2,1H3. The van der Waals surface area contributed by atoms with Gasteiger partial charge in [-0.05, 0) is 24.5 Å². The summed E-state index contributed by atoms with van der Waals surface area (Å²) in [6.07, 6.45) is 14.8. The maximum atomic E-state index is 11.6. The van der Waals surface area contributed by atoms with E-state index in [2.05, 4.69) is 11.9 Å². The Bertz CT molecular complexity index is 365. The van der Waals surface area contributed by atoms with Crippen LogP contribution >= 0.6 is 0 Å². The summed E-state index contributed by atoms with van der Waals surface area (Å²) in [5.74, 6) is -0.0956. The first-order chi connectivity index (χ1) is 10.3. The molecule has 0 radical (unpaired) electrons. The average Bonchev–Trinajstić information content (AvgIpc) is 2.52. The van der Waals surface area contributed by atoms with E-state index in [0.29, 0.717) is 19.4 Å². The lowest BCUT2D eigenvalue weighted by molar-refractivity contribution is -0.143. The summed E-state index contributed by atoms with van der Waals surface area (Å²) in [4.78, 5) is 15.6. The van der Waals surface area contributed by atoms with E-state index in [1.807, 2.05) is 12.1 Å². The molecule has 1 aromatic rings. The predicted molar refractivity (Wildman–Crippen MR) is 86.1 cm³/mol. The van der Waals surface area contributed by atoms with Gasteiger partial charge in [0.1, 0.15) is 0 Å². The van der Waals surface area contributed by atoms with Crippen molar-refractivity contribution >= 4 is 5.97 Å². The Morgan fingerprint density at radius 2 is 1.81 bits per heavy atom. The number of nitrogens with zero attached hydrogens (tertiary/aromatic N) is 1. The van der Waals surface area contributed by atoms with Crippen molar-refractivity contribution in [3.05, 3.63) is 30.1 Å². The van der Waals surface area contributed by atoms with Gasteiger partial charge in [0.2, 0.25) is 0 Å². The van der Waals surface area contributed by atoms with Crippen LogP contribution in [0.3, 0.4) is 0 Å². The number of esters is 1. The van der Waals surface area contributed by atoms with Gasteiger partial charge >= 0.3 is 5.97 Å². The molecule has 0 saturated carbocycles. The Morgan fingerprint density at radius 3 is 2.48 bits per heavy atom. The summed E-state index contributed by atoms with van der Waals surface area (Å²) >= 11 is 0. The van der Waals surface area contributed by atoms with E-state index < -0.39 is 0 Å². The molecule has 0 fully saturated rings. The molecule has 1 aromatic heterocycles. The molecule has 0 unspecified atom stereocenters. The average molecular weight is 291 g/mol. The van der Waals surface area contributed by atoms with Gasteiger partial charge in [-0.2, -0.15) is 0 Å². The van der Waals surface area contributed by atoms with Gasteiger partial charge in [0.05, 0.1) is 6.61 Å². The molecule has 0 amide bonds. The fourth-order valence-electron chi connectivity index (χ4n) is 2.29. The van der Waals surface area contributed by atoms with Crippen LogP contribution in [0.4, 0.5) is 0 Å². The van der Waals surface area contributed by atoms with Gasteiger partial charge in [0.15, 0.2) is 0 Å². The minimum Gasteiger partial charge on any atom is -0.466 e. The second-order valence-electron chi connectivity index (χ2n) is 5.56. The molecule has 1 rings (SSSR count). The minimum atomic E-state index is -0.0956. The first-order valence-electron chi connectivity index (χ1n) is 8.37. The summed E-state index contributed by atoms with van der Waals surface area (Å²) in [6.45, 7) is 2.81. The van der Waals surface area contributed by atoms with Crippen molar-refractivity contribution in [3.8, 4) is 0 Å². The van der Waals surface area contributed by atoms with E-state index in [-0.39, 0.29) is 5.97 Å². The van der Waals surface area contributed by atoms with E-state index in [4.69, 9.17) is 4.74 Å². The molecule has 0 bridgehead atoms. The molecule has 118 valence electrons. The number of rotatable bonds is 12. The van der Waals surface area contributed by atoms with Gasteiger partial charge in [0.25, 0.3) is 0 Å². The first kappa shape index (κ1) is 17.7. The highest BCUT2D eigenvalue weighted by atomic mass is 16.5. The molecule has 3 nitrogen and oxygen atoms in total. The summed E-state index contributed by atoms with van der Waals surface area (Å²) in [5.41, 5.74) is 1.08. The van der Waals surface area contributed by atoms with Crippen LogP contribution in [0.2, 0.25) is 0 Å². The van der Waals surface area contributed by atoms with Crippen LogP contribution in [0.15, 0.2) is 24.5 Å². The van der Waals surface area contributed by atoms with Crippen LogP contribution in [0.5, 0.6) is 0 Å². The minimum absolute atomic E-state index is 0.0956. The van der Waals surface area contributed by atoms with Gasteiger partial charge in [-0.1, -0.05) is 57.9 Å². The lowest BCUT2D eigenvalue weighted by atomic mass is 10.1. The largest absolute Gasteiger partial charge is 0.466 e. The van der Waals surface area contributed by atoms with Gasteiger partial charge in [0, 0.05) is 18.8 Å². The number of pyridine rings is 1. The Hall–Kier alpha value is -1.38. The van der Waals surface area contributed by atoms with Crippen LogP contribution < -0.4 is 0 Å². The van der Waals surface area contributed by atoms with E-state index in [1.165, 1.54) is 44.9 Å². The van der Waals surface area contributed by atoms with Gasteiger partial charge in [-0.3, -0.25) is 9.78 Å². The highest BCUT2D eigenvalue weighted by molar-refractivity contribution is 5.69. The number of carbonyl (C=O) groups is 1. The van der Waals surface area contributed by atoms with Crippen LogP contribution in [0.25, 0.3) is 0 Å². The van der Waals surface area contributed by atoms with E-state index in [9.17, 15) is 4.79 Å². The Balaban J connectivity index is 1.89. The number of aryl methyl sites for hydroxylation is 1. The van der Waals surface area contributed by atoms with Crippen LogP contribution in [0, 0.1) is 0 Å². The van der Waals surface area contributed by atoms with E-state index in [1.54, 1.807) is 12.4 Å². The molecule has 1 heterocycles. The molecule has 0 saturated heterocycles. The Morgan fingerprint density at radius 1 is 1.10 bits per heavy atom. The third kappa shape index (κ3) is 10.1. The Kier molecular flexibility index (Phi) is 10.4. The van der Waals surface area contributed by atoms with Crippen molar-refractivity contribution < 1.29 is 9.53 Å². The zero-order chi connectivity index (χ0) is 15.2. The molecule has 3 heteroatoms. The zero-order valence-corrected chi connectivity index (χ0v) is 13.4. The first-order valence-corrected chi connectivity index (χ1v) is 8.37. The fourth-order valence-corrected chi connectivity index (χ4v) is 2.29. The second-order valence-corrected chi connectivity index (χ2v) is 5.56. The van der Waals surface area contributed by atoms with Crippen molar-refractivity contribution in [2.75, 3.05) is 6.61 Å². The molecule has 0 aliphatic heterocycles. The van der Waals surface area contributed by atoms with Crippen molar-refractivity contribution in [1.29, 1.82) is 0 Å². The number of carbonyl (C=O) groups excluding carboxylic acids is 1. The Labute approximate surface area is 129 Å². The number of unbranched alkanes of at least 4 members (excludes halogenated alkanes) is 7. The summed E-state index contributed by atoms with van der Waals surface area (Å²) < 4.78 is 5.25. The molecule has 0 atom stereocenters. The lowest BCUT2D eigenvalue weighted by Crippen LogP contribution is -2.07. The monoisotopic (exact) mass is 291 g/mol. The highest BCUT2D eigenvalue weighted by Crippen LogP contribution is 2.08. The number of ether oxygens (including phenoxy) is 1. The molecular weight excluding hydrogens is 262 g/mol. The lowest BCUT2D eigenvalue weighted by Gasteiger charge is -2.05. The van der Waals surface area contributed by atoms with Gasteiger partial charge < -0.3 is 4.74 Å². The maximum Gasteiger partial charge on any atom is 0.306 e. The van der Waals surface area contributed by atoms with Crippen LogP contribution in [-0.2, 0) is 16.0 Å². The quantitative estimate of drug-likeness (QED) is 0.414. The topological polar surface area (TPSA) is 39.2 Å². The third-order valence-electron chi connectivity index (χ3n) is 3.60. The van der Waals surface area contributed by atoms with Crippen molar-refractivity contribution in [2.24, 2.45) is 0 Å². The predicted octanol–water partition coefficient (Wildman–Crippen LogP) is 4.70. The van der Waals surface area contributed by atoms with Gasteiger partial charge in [-0.25, -0.2) is 0 Å². The summed E-state index contributed by atoms with van der Waals surface area (Å²) in [7, 11) is 0. The number of hydrogen-bond donors (Lipinski definition) is 0. The zero-order valence-electron chi connectivity index (χ0n) is 13.4. The van der Waals surface area contributed by atoms with Crippen molar-refractivity contribution in [2.45, 2.75) is 71.1 Å². The molecule has 0 N–H and O–H groups in total. The van der Waals surface area contributed by atoms with Gasteiger partial charge in [-0.15, -0.1) is 0 Å². The smallest absolute Gasteiger partial charge is 0.306 e. The molecule has 0 aromatic carbocycles. The number of hydrogen-bond acceptors (Lipinski definition) is 3. The molecule has 0 spiro atoms. The van der Waals surface area contributed by atoms with Crippen molar-refractivity contribution in [1.82, 2.24) is 4.98 Å². The summed E-state index contributed by atoms with van der Waals surface area (Å²) in [5, 5.41) is 0. The van der Waals surface area contributed by atoms with Crippen molar-refractivity contribution in [3.63, 3.8) is 0 Å². The van der Waals surface area contributed by atoms with E-state index >= 15 is 0 Å².